The largest absolute Gasteiger partial charge is 0.417 e. The minimum Gasteiger partial charge on any atom is -0.298 e. The summed E-state index contributed by atoms with van der Waals surface area (Å²) >= 11 is 0. The smallest absolute Gasteiger partial charge is 0.298 e. The van der Waals surface area contributed by atoms with E-state index in [0.717, 1.165) is 18.5 Å². The first-order chi connectivity index (χ1) is 8.54. The molecule has 0 aliphatic heterocycles. The number of alkyl halides is 3. The van der Waals surface area contributed by atoms with Gasteiger partial charge in [-0.15, -0.1) is 0 Å². The summed E-state index contributed by atoms with van der Waals surface area (Å²) in [4.78, 5) is 14.6. The molecule has 1 aromatic heterocycles. The van der Waals surface area contributed by atoms with Crippen LogP contribution in [0.25, 0.3) is 11.1 Å². The molecule has 1 aromatic carbocycles. The number of carbonyl (C=O) groups is 1. The van der Waals surface area contributed by atoms with Gasteiger partial charge in [-0.3, -0.25) is 9.78 Å². The fourth-order valence-electron chi connectivity index (χ4n) is 1.70. The Hall–Kier alpha value is -2.17. The van der Waals surface area contributed by atoms with Gasteiger partial charge in [0.2, 0.25) is 0 Å². The Morgan fingerprint density at radius 2 is 1.78 bits per heavy atom. The fraction of sp³-hybridized carbons (Fsp3) is 0.0769. The van der Waals surface area contributed by atoms with Crippen molar-refractivity contribution in [2.75, 3.05) is 0 Å². The Morgan fingerprint density at radius 3 is 2.44 bits per heavy atom. The van der Waals surface area contributed by atoms with Crippen molar-refractivity contribution in [1.82, 2.24) is 4.98 Å². The third-order valence-corrected chi connectivity index (χ3v) is 2.50. The summed E-state index contributed by atoms with van der Waals surface area (Å²) in [6.07, 6.45) is -1.75. The summed E-state index contributed by atoms with van der Waals surface area (Å²) in [5, 5.41) is 0. The number of hydrogen-bond donors (Lipinski definition) is 0. The normalized spacial score (nSPS) is 11.3. The molecule has 0 amide bonds. The number of hydrogen-bond acceptors (Lipinski definition) is 2. The molecule has 0 bridgehead atoms. The van der Waals surface area contributed by atoms with E-state index in [2.05, 4.69) is 4.98 Å². The first-order valence-electron chi connectivity index (χ1n) is 5.10. The second kappa shape index (κ2) is 4.60. The first-order valence-corrected chi connectivity index (χ1v) is 5.10. The molecule has 2 rings (SSSR count). The van der Waals surface area contributed by atoms with E-state index in [0.29, 0.717) is 6.29 Å². The molecule has 92 valence electrons. The molecule has 2 nitrogen and oxygen atoms in total. The Bertz CT molecular complexity index is 578. The molecule has 0 saturated carbocycles. The van der Waals surface area contributed by atoms with Gasteiger partial charge in [-0.05, 0) is 11.6 Å². The monoisotopic (exact) mass is 251 g/mol. The van der Waals surface area contributed by atoms with Crippen LogP contribution in [0.2, 0.25) is 0 Å². The second-order valence-electron chi connectivity index (χ2n) is 3.62. The maximum absolute atomic E-state index is 12.9. The number of aldehydes is 1. The van der Waals surface area contributed by atoms with E-state index in [-0.39, 0.29) is 16.7 Å². The molecule has 0 N–H and O–H groups in total. The number of aromatic nitrogens is 1. The van der Waals surface area contributed by atoms with Crippen LogP contribution in [0.5, 0.6) is 0 Å². The van der Waals surface area contributed by atoms with Crippen LogP contribution in [0.15, 0.2) is 42.7 Å². The highest BCUT2D eigenvalue weighted by atomic mass is 19.4. The predicted octanol–water partition coefficient (Wildman–Crippen LogP) is 3.58. The van der Waals surface area contributed by atoms with Gasteiger partial charge >= 0.3 is 6.18 Å². The van der Waals surface area contributed by atoms with E-state index in [9.17, 15) is 18.0 Å². The van der Waals surface area contributed by atoms with Crippen LogP contribution in [0.1, 0.15) is 15.9 Å². The number of pyridine rings is 1. The molecule has 0 saturated heterocycles. The molecule has 0 atom stereocenters. The van der Waals surface area contributed by atoms with Crippen molar-refractivity contribution in [1.29, 1.82) is 0 Å². The highest BCUT2D eigenvalue weighted by Crippen LogP contribution is 2.37. The Balaban J connectivity index is 2.68. The van der Waals surface area contributed by atoms with Crippen LogP contribution in [-0.2, 0) is 6.18 Å². The van der Waals surface area contributed by atoms with Crippen molar-refractivity contribution in [2.45, 2.75) is 6.18 Å². The van der Waals surface area contributed by atoms with Crippen LogP contribution in [0, 0.1) is 0 Å². The highest BCUT2D eigenvalue weighted by molar-refractivity contribution is 5.88. The molecule has 1 heterocycles. The van der Waals surface area contributed by atoms with Gasteiger partial charge in [-0.2, -0.15) is 13.2 Å². The van der Waals surface area contributed by atoms with Crippen molar-refractivity contribution in [2.24, 2.45) is 0 Å². The summed E-state index contributed by atoms with van der Waals surface area (Å²) in [6.45, 7) is 0. The zero-order valence-corrected chi connectivity index (χ0v) is 9.11. The molecular weight excluding hydrogens is 243 g/mol. The number of rotatable bonds is 2. The summed E-state index contributed by atoms with van der Waals surface area (Å²) < 4.78 is 38.6. The topological polar surface area (TPSA) is 30.0 Å². The SMILES string of the molecule is O=Cc1ccccc1-c1cnccc1C(F)(F)F. The summed E-state index contributed by atoms with van der Waals surface area (Å²) in [5.41, 5.74) is -0.455. The van der Waals surface area contributed by atoms with Gasteiger partial charge in [0, 0.05) is 23.5 Å². The molecule has 0 fully saturated rings. The lowest BCUT2D eigenvalue weighted by Crippen LogP contribution is -2.08. The Labute approximate surface area is 101 Å². The van der Waals surface area contributed by atoms with Gasteiger partial charge in [0.25, 0.3) is 0 Å². The highest BCUT2D eigenvalue weighted by Gasteiger charge is 2.33. The molecule has 0 unspecified atom stereocenters. The molecular formula is C13H8F3NO. The number of carbonyl (C=O) groups excluding carboxylic acids is 1. The zero-order valence-electron chi connectivity index (χ0n) is 9.11. The molecule has 0 aliphatic carbocycles. The number of benzene rings is 1. The average molecular weight is 251 g/mol. The van der Waals surface area contributed by atoms with E-state index in [1.54, 1.807) is 12.1 Å². The lowest BCUT2D eigenvalue weighted by molar-refractivity contribution is -0.137. The van der Waals surface area contributed by atoms with Crippen LogP contribution in [0.3, 0.4) is 0 Å². The fourth-order valence-corrected chi connectivity index (χ4v) is 1.70. The Morgan fingerprint density at radius 1 is 1.06 bits per heavy atom. The van der Waals surface area contributed by atoms with Crippen LogP contribution in [-0.4, -0.2) is 11.3 Å². The van der Waals surface area contributed by atoms with Gasteiger partial charge in [0.15, 0.2) is 6.29 Å². The van der Waals surface area contributed by atoms with E-state index >= 15 is 0 Å². The van der Waals surface area contributed by atoms with Gasteiger partial charge in [-0.25, -0.2) is 0 Å². The van der Waals surface area contributed by atoms with Crippen LogP contribution < -0.4 is 0 Å². The Kier molecular flexibility index (Phi) is 3.14. The third kappa shape index (κ3) is 2.25. The van der Waals surface area contributed by atoms with Gasteiger partial charge in [-0.1, -0.05) is 24.3 Å². The lowest BCUT2D eigenvalue weighted by atomic mass is 9.97. The number of halogens is 3. The van der Waals surface area contributed by atoms with E-state index < -0.39 is 11.7 Å². The molecule has 0 spiro atoms. The van der Waals surface area contributed by atoms with E-state index in [1.807, 2.05) is 0 Å². The van der Waals surface area contributed by atoms with Gasteiger partial charge in [0.05, 0.1) is 5.56 Å². The van der Waals surface area contributed by atoms with Crippen molar-refractivity contribution >= 4 is 6.29 Å². The minimum absolute atomic E-state index is 0.0901. The van der Waals surface area contributed by atoms with Crippen molar-refractivity contribution in [3.8, 4) is 11.1 Å². The second-order valence-corrected chi connectivity index (χ2v) is 3.62. The standard InChI is InChI=1S/C13H8F3NO/c14-13(15,16)12-5-6-17-7-11(12)10-4-2-1-3-9(10)8-18/h1-8H. The quantitative estimate of drug-likeness (QED) is 0.763. The predicted molar refractivity (Wildman–Crippen MR) is 60.1 cm³/mol. The first kappa shape index (κ1) is 12.3. The van der Waals surface area contributed by atoms with Gasteiger partial charge in [0.1, 0.15) is 0 Å². The molecule has 0 radical (unpaired) electrons. The number of nitrogens with zero attached hydrogens (tertiary/aromatic N) is 1. The van der Waals surface area contributed by atoms with Crippen molar-refractivity contribution in [3.63, 3.8) is 0 Å². The van der Waals surface area contributed by atoms with E-state index in [4.69, 9.17) is 0 Å². The minimum atomic E-state index is -4.48. The van der Waals surface area contributed by atoms with Crippen molar-refractivity contribution in [3.05, 3.63) is 53.9 Å². The summed E-state index contributed by atoms with van der Waals surface area (Å²) in [5.74, 6) is 0. The maximum atomic E-state index is 12.9. The molecule has 18 heavy (non-hydrogen) atoms. The summed E-state index contributed by atoms with van der Waals surface area (Å²) in [7, 11) is 0. The average Bonchev–Trinajstić information content (AvgIpc) is 2.37. The third-order valence-electron chi connectivity index (χ3n) is 2.50. The summed E-state index contributed by atoms with van der Waals surface area (Å²) in [6, 6.07) is 7.01. The van der Waals surface area contributed by atoms with Gasteiger partial charge < -0.3 is 0 Å². The van der Waals surface area contributed by atoms with Crippen LogP contribution in [0.4, 0.5) is 13.2 Å². The van der Waals surface area contributed by atoms with Crippen LogP contribution >= 0.6 is 0 Å². The lowest BCUT2D eigenvalue weighted by Gasteiger charge is -2.13. The maximum Gasteiger partial charge on any atom is 0.417 e. The molecule has 5 heteroatoms. The molecule has 0 aliphatic rings. The van der Waals surface area contributed by atoms with E-state index in [1.165, 1.54) is 12.1 Å². The molecule has 2 aromatic rings. The zero-order chi connectivity index (χ0) is 13.2. The van der Waals surface area contributed by atoms with Crippen molar-refractivity contribution < 1.29 is 18.0 Å².